The number of hydrogen-bond acceptors (Lipinski definition) is 2. The molecule has 2 rings (SSSR count). The molecule has 96 valence electrons. The van der Waals surface area contributed by atoms with Gasteiger partial charge in [0.1, 0.15) is 11.6 Å². The lowest BCUT2D eigenvalue weighted by atomic mass is 10.1. The van der Waals surface area contributed by atoms with E-state index in [1.54, 1.807) is 30.3 Å². The van der Waals surface area contributed by atoms with Crippen LogP contribution >= 0.6 is 0 Å². The molecule has 19 heavy (non-hydrogen) atoms. The lowest BCUT2D eigenvalue weighted by Gasteiger charge is -2.05. The standard InChI is InChI=1S/C14H9F2NO2/c15-9-6-7-12(16)11(8-9)13(18)14(19)17-10-4-2-1-3-5-10/h1-8H,(H,17,19). The summed E-state index contributed by atoms with van der Waals surface area (Å²) in [7, 11) is 0. The molecule has 0 aliphatic carbocycles. The van der Waals surface area contributed by atoms with Crippen LogP contribution in [0, 0.1) is 11.6 Å². The fourth-order valence-corrected chi connectivity index (χ4v) is 1.50. The van der Waals surface area contributed by atoms with Crippen molar-refractivity contribution >= 4 is 17.4 Å². The molecule has 0 heterocycles. The van der Waals surface area contributed by atoms with Crippen molar-refractivity contribution in [1.82, 2.24) is 0 Å². The average Bonchev–Trinajstić information content (AvgIpc) is 2.42. The first-order valence-electron chi connectivity index (χ1n) is 5.43. The number of hydrogen-bond donors (Lipinski definition) is 1. The molecule has 2 aromatic rings. The molecule has 0 saturated carbocycles. The minimum Gasteiger partial charge on any atom is -0.319 e. The molecule has 0 saturated heterocycles. The molecular weight excluding hydrogens is 252 g/mol. The Kier molecular flexibility index (Phi) is 3.66. The number of anilines is 1. The molecule has 0 atom stereocenters. The number of Topliss-reactive ketones (excluding diaryl/α,β-unsaturated/α-hetero) is 1. The highest BCUT2D eigenvalue weighted by molar-refractivity contribution is 6.46. The fourth-order valence-electron chi connectivity index (χ4n) is 1.50. The highest BCUT2D eigenvalue weighted by Gasteiger charge is 2.20. The molecule has 0 bridgehead atoms. The lowest BCUT2D eigenvalue weighted by Crippen LogP contribution is -2.23. The number of halogens is 2. The zero-order chi connectivity index (χ0) is 13.8. The van der Waals surface area contributed by atoms with Crippen LogP contribution in [0.15, 0.2) is 48.5 Å². The second-order valence-electron chi connectivity index (χ2n) is 3.77. The minimum atomic E-state index is -1.12. The van der Waals surface area contributed by atoms with Crippen molar-refractivity contribution in [3.8, 4) is 0 Å². The van der Waals surface area contributed by atoms with Crippen LogP contribution in [0.3, 0.4) is 0 Å². The average molecular weight is 261 g/mol. The second kappa shape index (κ2) is 5.39. The van der Waals surface area contributed by atoms with E-state index in [1.807, 2.05) is 0 Å². The van der Waals surface area contributed by atoms with E-state index < -0.39 is 28.9 Å². The van der Waals surface area contributed by atoms with Gasteiger partial charge in [0.15, 0.2) is 0 Å². The number of para-hydroxylation sites is 1. The van der Waals surface area contributed by atoms with Crippen LogP contribution < -0.4 is 5.32 Å². The Morgan fingerprint density at radius 1 is 0.947 bits per heavy atom. The van der Waals surface area contributed by atoms with E-state index in [1.165, 1.54) is 0 Å². The van der Waals surface area contributed by atoms with Gasteiger partial charge in [0.25, 0.3) is 11.7 Å². The molecule has 5 heteroatoms. The first kappa shape index (κ1) is 12.9. The highest BCUT2D eigenvalue weighted by Crippen LogP contribution is 2.12. The first-order chi connectivity index (χ1) is 9.08. The predicted molar refractivity (Wildman–Crippen MR) is 65.8 cm³/mol. The summed E-state index contributed by atoms with van der Waals surface area (Å²) in [5.41, 5.74) is -0.189. The van der Waals surface area contributed by atoms with Crippen LogP contribution in [0.4, 0.5) is 14.5 Å². The number of carbonyl (C=O) groups excluding carboxylic acids is 2. The molecule has 2 aromatic carbocycles. The van der Waals surface area contributed by atoms with E-state index in [0.29, 0.717) is 11.8 Å². The van der Waals surface area contributed by atoms with Crippen molar-refractivity contribution in [3.05, 3.63) is 65.7 Å². The van der Waals surface area contributed by atoms with E-state index in [9.17, 15) is 18.4 Å². The van der Waals surface area contributed by atoms with Gasteiger partial charge >= 0.3 is 0 Å². The molecular formula is C14H9F2NO2. The van der Waals surface area contributed by atoms with Crippen LogP contribution in [0.25, 0.3) is 0 Å². The number of nitrogens with one attached hydrogen (secondary N) is 1. The van der Waals surface area contributed by atoms with Gasteiger partial charge in [-0.05, 0) is 30.3 Å². The van der Waals surface area contributed by atoms with Crippen molar-refractivity contribution in [2.75, 3.05) is 5.32 Å². The monoisotopic (exact) mass is 261 g/mol. The summed E-state index contributed by atoms with van der Waals surface area (Å²) in [4.78, 5) is 23.3. The van der Waals surface area contributed by atoms with Gasteiger partial charge in [-0.1, -0.05) is 18.2 Å². The molecule has 0 unspecified atom stereocenters. The summed E-state index contributed by atoms with van der Waals surface area (Å²) in [5.74, 6) is -3.86. The molecule has 0 fully saturated rings. The smallest absolute Gasteiger partial charge is 0.296 e. The number of benzene rings is 2. The Hall–Kier alpha value is -2.56. The third-order valence-electron chi connectivity index (χ3n) is 2.41. The molecule has 0 aliphatic heterocycles. The molecule has 1 N–H and O–H groups in total. The Balaban J connectivity index is 2.20. The molecule has 3 nitrogen and oxygen atoms in total. The quantitative estimate of drug-likeness (QED) is 0.682. The Bertz CT molecular complexity index is 627. The van der Waals surface area contributed by atoms with E-state index in [-0.39, 0.29) is 0 Å². The minimum absolute atomic E-state index is 0.401. The van der Waals surface area contributed by atoms with Gasteiger partial charge in [-0.2, -0.15) is 0 Å². The zero-order valence-electron chi connectivity index (χ0n) is 9.69. The Labute approximate surface area is 107 Å². The first-order valence-corrected chi connectivity index (χ1v) is 5.43. The Morgan fingerprint density at radius 3 is 2.32 bits per heavy atom. The van der Waals surface area contributed by atoms with Crippen LogP contribution in [0.2, 0.25) is 0 Å². The maximum atomic E-state index is 13.4. The topological polar surface area (TPSA) is 46.2 Å². The highest BCUT2D eigenvalue weighted by atomic mass is 19.1. The van der Waals surface area contributed by atoms with Crippen LogP contribution in [-0.4, -0.2) is 11.7 Å². The normalized spacial score (nSPS) is 10.0. The largest absolute Gasteiger partial charge is 0.319 e. The van der Waals surface area contributed by atoms with Gasteiger partial charge in [0, 0.05) is 5.69 Å². The lowest BCUT2D eigenvalue weighted by molar-refractivity contribution is -0.112. The van der Waals surface area contributed by atoms with Gasteiger partial charge in [-0.15, -0.1) is 0 Å². The SMILES string of the molecule is O=C(Nc1ccccc1)C(=O)c1cc(F)ccc1F. The second-order valence-corrected chi connectivity index (χ2v) is 3.77. The van der Waals surface area contributed by atoms with Gasteiger partial charge in [-0.25, -0.2) is 8.78 Å². The maximum absolute atomic E-state index is 13.4. The summed E-state index contributed by atoms with van der Waals surface area (Å²) >= 11 is 0. The summed E-state index contributed by atoms with van der Waals surface area (Å²) in [6.07, 6.45) is 0. The molecule has 0 spiro atoms. The maximum Gasteiger partial charge on any atom is 0.296 e. The van der Waals surface area contributed by atoms with Crippen LogP contribution in [-0.2, 0) is 4.79 Å². The summed E-state index contributed by atoms with van der Waals surface area (Å²) in [6.45, 7) is 0. The number of amides is 1. The molecule has 0 aliphatic rings. The van der Waals surface area contributed by atoms with Gasteiger partial charge in [0.05, 0.1) is 5.56 Å². The molecule has 0 aromatic heterocycles. The van der Waals surface area contributed by atoms with Crippen molar-refractivity contribution in [2.45, 2.75) is 0 Å². The van der Waals surface area contributed by atoms with E-state index in [0.717, 1.165) is 12.1 Å². The fraction of sp³-hybridized carbons (Fsp3) is 0. The van der Waals surface area contributed by atoms with Crippen molar-refractivity contribution in [1.29, 1.82) is 0 Å². The van der Waals surface area contributed by atoms with Crippen molar-refractivity contribution in [3.63, 3.8) is 0 Å². The number of rotatable bonds is 3. The Morgan fingerprint density at radius 2 is 1.63 bits per heavy atom. The summed E-state index contributed by atoms with van der Waals surface area (Å²) in [5, 5.41) is 2.31. The summed E-state index contributed by atoms with van der Waals surface area (Å²) in [6, 6.07) is 10.6. The third kappa shape index (κ3) is 3.01. The van der Waals surface area contributed by atoms with E-state index in [4.69, 9.17) is 0 Å². The van der Waals surface area contributed by atoms with E-state index in [2.05, 4.69) is 5.32 Å². The molecule has 1 amide bonds. The van der Waals surface area contributed by atoms with Gasteiger partial charge in [0.2, 0.25) is 0 Å². The summed E-state index contributed by atoms with van der Waals surface area (Å²) < 4.78 is 26.3. The van der Waals surface area contributed by atoms with Crippen LogP contribution in [0.5, 0.6) is 0 Å². The number of carbonyl (C=O) groups is 2. The van der Waals surface area contributed by atoms with Crippen molar-refractivity contribution < 1.29 is 18.4 Å². The predicted octanol–water partition coefficient (Wildman–Crippen LogP) is 2.79. The third-order valence-corrected chi connectivity index (χ3v) is 2.41. The molecule has 0 radical (unpaired) electrons. The van der Waals surface area contributed by atoms with Gasteiger partial charge < -0.3 is 5.32 Å². The zero-order valence-corrected chi connectivity index (χ0v) is 9.69. The van der Waals surface area contributed by atoms with E-state index >= 15 is 0 Å². The van der Waals surface area contributed by atoms with Crippen LogP contribution in [0.1, 0.15) is 10.4 Å². The number of ketones is 1. The van der Waals surface area contributed by atoms with Crippen molar-refractivity contribution in [2.24, 2.45) is 0 Å². The van der Waals surface area contributed by atoms with Gasteiger partial charge in [-0.3, -0.25) is 9.59 Å².